The predicted molar refractivity (Wildman–Crippen MR) is 59.1 cm³/mol. The standard InChI is InChI=1S/C10H19N4/c1-3-8(2)6-13-10-7-12-5-4-9(10)14-11/h9-10,12,14H,2-5,7,11H2,1H3/q+1. The van der Waals surface area contributed by atoms with Crippen molar-refractivity contribution < 1.29 is 0 Å². The Balaban J connectivity index is 2.54. The van der Waals surface area contributed by atoms with Crippen LogP contribution in [0.1, 0.15) is 19.8 Å². The topological polar surface area (TPSA) is 54.4 Å². The van der Waals surface area contributed by atoms with Crippen LogP contribution in [0.5, 0.6) is 0 Å². The van der Waals surface area contributed by atoms with Crippen molar-refractivity contribution in [2.75, 3.05) is 13.1 Å². The fourth-order valence-corrected chi connectivity index (χ4v) is 1.43. The van der Waals surface area contributed by atoms with Crippen molar-refractivity contribution in [3.63, 3.8) is 0 Å². The first-order valence-corrected chi connectivity index (χ1v) is 5.08. The molecule has 0 saturated carbocycles. The van der Waals surface area contributed by atoms with Crippen LogP contribution in [0.15, 0.2) is 12.2 Å². The number of nitrogens with one attached hydrogen (secondary N) is 2. The van der Waals surface area contributed by atoms with Gasteiger partial charge in [0.15, 0.2) is 0 Å². The number of allylic oxidation sites excluding steroid dienone is 1. The third-order valence-corrected chi connectivity index (χ3v) is 2.48. The zero-order valence-corrected chi connectivity index (χ0v) is 8.71. The van der Waals surface area contributed by atoms with E-state index >= 15 is 0 Å². The summed E-state index contributed by atoms with van der Waals surface area (Å²) in [6.07, 6.45) is 1.90. The van der Waals surface area contributed by atoms with E-state index in [1.165, 1.54) is 0 Å². The highest BCUT2D eigenvalue weighted by atomic mass is 15.3. The molecule has 0 aromatic rings. The minimum atomic E-state index is 0.178. The van der Waals surface area contributed by atoms with Crippen molar-refractivity contribution in [1.82, 2.24) is 10.7 Å². The van der Waals surface area contributed by atoms with Gasteiger partial charge in [-0.2, -0.15) is 0 Å². The van der Waals surface area contributed by atoms with Crippen LogP contribution in [-0.2, 0) is 0 Å². The second-order valence-electron chi connectivity index (χ2n) is 3.53. The van der Waals surface area contributed by atoms with Gasteiger partial charge in [0.05, 0.1) is 12.1 Å². The molecular formula is C10H19N4+. The number of hydrogen-bond acceptors (Lipinski definition) is 3. The summed E-state index contributed by atoms with van der Waals surface area (Å²) in [4.78, 5) is 4.35. The number of piperidine rings is 1. The summed E-state index contributed by atoms with van der Waals surface area (Å²) >= 11 is 0. The van der Waals surface area contributed by atoms with Gasteiger partial charge in [0.2, 0.25) is 0 Å². The van der Waals surface area contributed by atoms with E-state index in [2.05, 4.69) is 28.2 Å². The minimum Gasteiger partial charge on any atom is -0.309 e. The van der Waals surface area contributed by atoms with Gasteiger partial charge in [0.1, 0.15) is 6.04 Å². The van der Waals surface area contributed by atoms with Crippen LogP contribution in [0, 0.1) is 6.07 Å². The highest BCUT2D eigenvalue weighted by Crippen LogP contribution is 2.07. The molecule has 2 atom stereocenters. The molecule has 0 spiro atoms. The summed E-state index contributed by atoms with van der Waals surface area (Å²) in [5.74, 6) is 5.44. The molecular weight excluding hydrogens is 176 g/mol. The fourth-order valence-electron chi connectivity index (χ4n) is 1.43. The predicted octanol–water partition coefficient (Wildman–Crippen LogP) is 0.479. The van der Waals surface area contributed by atoms with Crippen LogP contribution in [0.25, 0.3) is 4.85 Å². The molecule has 4 N–H and O–H groups in total. The van der Waals surface area contributed by atoms with Gasteiger partial charge in [-0.25, -0.2) is 5.43 Å². The Hall–Kier alpha value is -0.890. The van der Waals surface area contributed by atoms with E-state index in [1.807, 2.05) is 6.92 Å². The van der Waals surface area contributed by atoms with Gasteiger partial charge in [0, 0.05) is 0 Å². The van der Waals surface area contributed by atoms with Gasteiger partial charge in [-0.3, -0.25) is 5.84 Å². The average Bonchev–Trinajstić information content (AvgIpc) is 2.26. The lowest BCUT2D eigenvalue weighted by Gasteiger charge is -2.20. The molecule has 0 bridgehead atoms. The van der Waals surface area contributed by atoms with Gasteiger partial charge in [-0.15, -0.1) is 0 Å². The molecule has 0 aliphatic carbocycles. The van der Waals surface area contributed by atoms with Crippen molar-refractivity contribution >= 4 is 0 Å². The van der Waals surface area contributed by atoms with Crippen molar-refractivity contribution in [2.24, 2.45) is 5.84 Å². The Morgan fingerprint density at radius 3 is 3.21 bits per heavy atom. The van der Waals surface area contributed by atoms with E-state index in [-0.39, 0.29) is 12.1 Å². The van der Waals surface area contributed by atoms with Crippen LogP contribution in [0.2, 0.25) is 0 Å². The fraction of sp³-hybridized carbons (Fsp3) is 0.700. The third-order valence-electron chi connectivity index (χ3n) is 2.48. The molecule has 14 heavy (non-hydrogen) atoms. The van der Waals surface area contributed by atoms with Crippen molar-refractivity contribution in [3.8, 4) is 6.07 Å². The molecule has 0 amide bonds. The Kier molecular flexibility index (Phi) is 4.60. The molecule has 1 rings (SSSR count). The zero-order chi connectivity index (χ0) is 10.4. The summed E-state index contributed by atoms with van der Waals surface area (Å²) in [5.41, 5.74) is 3.73. The molecule has 0 radical (unpaired) electrons. The first-order valence-electron chi connectivity index (χ1n) is 5.08. The molecule has 0 aromatic heterocycles. The Morgan fingerprint density at radius 1 is 1.79 bits per heavy atom. The Bertz CT molecular complexity index is 251. The molecule has 1 saturated heterocycles. The van der Waals surface area contributed by atoms with Gasteiger partial charge in [0.25, 0.3) is 0 Å². The van der Waals surface area contributed by atoms with Crippen LogP contribution in [0.4, 0.5) is 0 Å². The molecule has 4 nitrogen and oxygen atoms in total. The molecule has 1 aliphatic heterocycles. The number of rotatable bonds is 2. The molecule has 78 valence electrons. The van der Waals surface area contributed by atoms with Crippen LogP contribution >= 0.6 is 0 Å². The summed E-state index contributed by atoms with van der Waals surface area (Å²) in [7, 11) is 0. The van der Waals surface area contributed by atoms with E-state index in [9.17, 15) is 0 Å². The van der Waals surface area contributed by atoms with Crippen LogP contribution in [-0.4, -0.2) is 25.2 Å². The molecule has 1 fully saturated rings. The largest absolute Gasteiger partial charge is 0.309 e. The number of hydrogen-bond donors (Lipinski definition) is 3. The second kappa shape index (κ2) is 5.76. The maximum Gasteiger partial charge on any atom is 0.306 e. The van der Waals surface area contributed by atoms with Crippen LogP contribution in [0.3, 0.4) is 0 Å². The van der Waals surface area contributed by atoms with Crippen LogP contribution < -0.4 is 16.6 Å². The molecule has 1 heterocycles. The normalized spacial score (nSPS) is 26.4. The third kappa shape index (κ3) is 3.11. The van der Waals surface area contributed by atoms with E-state index in [0.29, 0.717) is 0 Å². The average molecular weight is 195 g/mol. The lowest BCUT2D eigenvalue weighted by Crippen LogP contribution is -2.52. The van der Waals surface area contributed by atoms with E-state index in [0.717, 1.165) is 31.5 Å². The number of nitrogens with two attached hydrogens (primary N) is 1. The van der Waals surface area contributed by atoms with Crippen molar-refractivity contribution in [1.29, 1.82) is 0 Å². The molecule has 2 unspecified atom stereocenters. The Labute approximate surface area is 85.3 Å². The minimum absolute atomic E-state index is 0.178. The van der Waals surface area contributed by atoms with Gasteiger partial charge in [-0.05, 0) is 19.4 Å². The number of hydrazine groups is 1. The molecule has 0 aromatic carbocycles. The van der Waals surface area contributed by atoms with E-state index in [4.69, 9.17) is 5.84 Å². The smallest absolute Gasteiger partial charge is 0.306 e. The van der Waals surface area contributed by atoms with Gasteiger partial charge < -0.3 is 5.32 Å². The monoisotopic (exact) mass is 195 g/mol. The quantitative estimate of drug-likeness (QED) is 0.341. The second-order valence-corrected chi connectivity index (χ2v) is 3.53. The summed E-state index contributed by atoms with van der Waals surface area (Å²) in [5, 5.41) is 3.28. The highest BCUT2D eigenvalue weighted by Gasteiger charge is 2.31. The molecule has 1 aliphatic rings. The summed E-state index contributed by atoms with van der Waals surface area (Å²) < 4.78 is 0. The van der Waals surface area contributed by atoms with E-state index in [1.54, 1.807) is 0 Å². The zero-order valence-electron chi connectivity index (χ0n) is 8.71. The Morgan fingerprint density at radius 2 is 2.57 bits per heavy atom. The SMILES string of the molecule is C=C(C#[N+]C1CNCCC1NN)CC. The first kappa shape index (κ1) is 11.2. The molecule has 4 heteroatoms. The summed E-state index contributed by atoms with van der Waals surface area (Å²) in [6, 6.07) is 3.40. The lowest BCUT2D eigenvalue weighted by atomic mass is 10.0. The lowest BCUT2D eigenvalue weighted by molar-refractivity contribution is 0.376. The van der Waals surface area contributed by atoms with Gasteiger partial charge >= 0.3 is 12.1 Å². The van der Waals surface area contributed by atoms with Gasteiger partial charge in [-0.1, -0.05) is 18.3 Å². The maximum atomic E-state index is 5.44. The van der Waals surface area contributed by atoms with E-state index < -0.39 is 0 Å². The highest BCUT2D eigenvalue weighted by molar-refractivity contribution is 5.22. The first-order chi connectivity index (χ1) is 6.77. The van der Waals surface area contributed by atoms with Crippen molar-refractivity contribution in [2.45, 2.75) is 31.8 Å². The summed E-state index contributed by atoms with van der Waals surface area (Å²) in [6.45, 7) is 7.73. The van der Waals surface area contributed by atoms with Crippen molar-refractivity contribution in [3.05, 3.63) is 17.0 Å². The maximum absolute atomic E-state index is 5.44. The number of nitrogens with zero attached hydrogens (tertiary/aromatic N) is 1.